The van der Waals surface area contributed by atoms with Crippen molar-refractivity contribution < 1.29 is 14.7 Å². The molecule has 0 aromatic carbocycles. The van der Waals surface area contributed by atoms with Crippen molar-refractivity contribution in [3.63, 3.8) is 0 Å². The van der Waals surface area contributed by atoms with Crippen molar-refractivity contribution in [3.05, 3.63) is 11.6 Å². The molecule has 0 radical (unpaired) electrons. The zero-order valence-corrected chi connectivity index (χ0v) is 17.2. The average molecular weight is 373 g/mol. The molecular formula is C24H36O3. The quantitative estimate of drug-likeness (QED) is 0.727. The molecule has 0 amide bonds. The summed E-state index contributed by atoms with van der Waals surface area (Å²) in [7, 11) is 0. The summed E-state index contributed by atoms with van der Waals surface area (Å²) < 4.78 is 0. The van der Waals surface area contributed by atoms with Gasteiger partial charge < -0.3 is 9.90 Å². The number of carbonyl (C=O) groups is 2. The largest absolute Gasteiger partial charge is 0.393 e. The smallest absolute Gasteiger partial charge is 0.162 e. The van der Waals surface area contributed by atoms with Crippen LogP contribution in [0.5, 0.6) is 0 Å². The predicted molar refractivity (Wildman–Crippen MR) is 106 cm³/mol. The highest BCUT2D eigenvalue weighted by Gasteiger charge is 2.60. The second kappa shape index (κ2) is 6.83. The lowest BCUT2D eigenvalue weighted by atomic mass is 9.48. The minimum Gasteiger partial charge on any atom is -0.393 e. The minimum absolute atomic E-state index is 0.111. The molecule has 3 nitrogen and oxygen atoms in total. The normalized spacial score (nSPS) is 47.5. The Labute approximate surface area is 164 Å². The van der Waals surface area contributed by atoms with Gasteiger partial charge in [-0.2, -0.15) is 0 Å². The summed E-state index contributed by atoms with van der Waals surface area (Å²) in [6.07, 6.45) is 11.9. The maximum Gasteiger partial charge on any atom is 0.162 e. The van der Waals surface area contributed by atoms with Crippen molar-refractivity contribution in [2.75, 3.05) is 0 Å². The van der Waals surface area contributed by atoms with E-state index in [0.29, 0.717) is 41.8 Å². The van der Waals surface area contributed by atoms with E-state index in [2.05, 4.69) is 26.8 Å². The molecule has 3 saturated carbocycles. The SMILES string of the molecule is C[C@H](CCC=O)C1CC[C@H]2[C@@H]3CC[C@@H]4C[C@H](O)CC[C@]4(C)C3=CC(=O)[C@]12C. The number of ketones is 1. The number of hydrogen-bond acceptors (Lipinski definition) is 3. The van der Waals surface area contributed by atoms with Crippen LogP contribution in [0.15, 0.2) is 11.6 Å². The summed E-state index contributed by atoms with van der Waals surface area (Å²) in [6, 6.07) is 0. The summed E-state index contributed by atoms with van der Waals surface area (Å²) in [6.45, 7) is 6.85. The van der Waals surface area contributed by atoms with Crippen molar-refractivity contribution in [2.24, 2.45) is 40.4 Å². The van der Waals surface area contributed by atoms with Gasteiger partial charge in [0, 0.05) is 11.8 Å². The summed E-state index contributed by atoms with van der Waals surface area (Å²) in [5, 5.41) is 10.2. The third kappa shape index (κ3) is 2.79. The zero-order valence-electron chi connectivity index (χ0n) is 17.2. The van der Waals surface area contributed by atoms with Crippen molar-refractivity contribution in [1.29, 1.82) is 0 Å². The topological polar surface area (TPSA) is 54.4 Å². The van der Waals surface area contributed by atoms with E-state index in [0.717, 1.165) is 44.8 Å². The van der Waals surface area contributed by atoms with E-state index in [9.17, 15) is 14.7 Å². The minimum atomic E-state index is -0.242. The first kappa shape index (κ1) is 19.4. The Bertz CT molecular complexity index is 652. The Balaban J connectivity index is 1.66. The van der Waals surface area contributed by atoms with Gasteiger partial charge in [0.25, 0.3) is 0 Å². The lowest BCUT2D eigenvalue weighted by Gasteiger charge is -2.56. The number of aliphatic hydroxyl groups is 1. The van der Waals surface area contributed by atoms with Gasteiger partial charge in [-0.05, 0) is 92.4 Å². The number of allylic oxidation sites excluding steroid dienone is 2. The van der Waals surface area contributed by atoms with E-state index in [1.54, 1.807) is 0 Å². The number of aliphatic hydroxyl groups excluding tert-OH is 1. The molecule has 3 heteroatoms. The molecule has 0 aromatic rings. The van der Waals surface area contributed by atoms with Gasteiger partial charge in [0.15, 0.2) is 5.78 Å². The van der Waals surface area contributed by atoms with Gasteiger partial charge >= 0.3 is 0 Å². The maximum absolute atomic E-state index is 13.5. The average Bonchev–Trinajstić information content (AvgIpc) is 3.00. The molecule has 0 aliphatic heterocycles. The molecule has 0 bridgehead atoms. The first-order chi connectivity index (χ1) is 12.8. The lowest BCUT2D eigenvalue weighted by Crippen LogP contribution is -2.52. The summed E-state index contributed by atoms with van der Waals surface area (Å²) in [4.78, 5) is 24.4. The molecule has 4 rings (SSSR count). The zero-order chi connectivity index (χ0) is 19.4. The van der Waals surface area contributed by atoms with Crippen LogP contribution >= 0.6 is 0 Å². The van der Waals surface area contributed by atoms with Crippen molar-refractivity contribution in [2.45, 2.75) is 84.7 Å². The summed E-state index contributed by atoms with van der Waals surface area (Å²) in [5.74, 6) is 2.75. The molecule has 150 valence electrons. The highest BCUT2D eigenvalue weighted by molar-refractivity contribution is 5.97. The van der Waals surface area contributed by atoms with E-state index >= 15 is 0 Å². The van der Waals surface area contributed by atoms with Crippen LogP contribution in [0.1, 0.15) is 78.6 Å². The van der Waals surface area contributed by atoms with Gasteiger partial charge in [-0.1, -0.05) is 26.3 Å². The first-order valence-corrected chi connectivity index (χ1v) is 11.2. The number of hydrogen-bond donors (Lipinski definition) is 1. The fraction of sp³-hybridized carbons (Fsp3) is 0.833. The molecule has 3 fully saturated rings. The van der Waals surface area contributed by atoms with Crippen LogP contribution in [0.3, 0.4) is 0 Å². The third-order valence-electron chi connectivity index (χ3n) is 9.40. The van der Waals surface area contributed by atoms with E-state index < -0.39 is 0 Å². The third-order valence-corrected chi connectivity index (χ3v) is 9.40. The van der Waals surface area contributed by atoms with Crippen molar-refractivity contribution >= 4 is 12.1 Å². The lowest BCUT2D eigenvalue weighted by molar-refractivity contribution is -0.132. The molecule has 0 heterocycles. The Morgan fingerprint density at radius 3 is 2.74 bits per heavy atom. The van der Waals surface area contributed by atoms with E-state index in [4.69, 9.17) is 0 Å². The Morgan fingerprint density at radius 2 is 2.00 bits per heavy atom. The second-order valence-electron chi connectivity index (χ2n) is 10.5. The van der Waals surface area contributed by atoms with Crippen LogP contribution in [0, 0.1) is 40.4 Å². The summed E-state index contributed by atoms with van der Waals surface area (Å²) >= 11 is 0. The monoisotopic (exact) mass is 372 g/mol. The van der Waals surface area contributed by atoms with Crippen LogP contribution in [0.25, 0.3) is 0 Å². The maximum atomic E-state index is 13.5. The first-order valence-electron chi connectivity index (χ1n) is 11.2. The van der Waals surface area contributed by atoms with Gasteiger partial charge in [-0.3, -0.25) is 4.79 Å². The number of carbonyl (C=O) groups excluding carboxylic acids is 2. The van der Waals surface area contributed by atoms with Gasteiger partial charge in [0.1, 0.15) is 6.29 Å². The molecular weight excluding hydrogens is 336 g/mol. The van der Waals surface area contributed by atoms with Crippen LogP contribution in [0.2, 0.25) is 0 Å². The molecule has 0 saturated heterocycles. The van der Waals surface area contributed by atoms with Crippen LogP contribution in [-0.2, 0) is 9.59 Å². The Kier molecular flexibility index (Phi) is 4.90. The van der Waals surface area contributed by atoms with Gasteiger partial charge in [-0.15, -0.1) is 0 Å². The summed E-state index contributed by atoms with van der Waals surface area (Å²) in [5.41, 5.74) is 1.30. The Morgan fingerprint density at radius 1 is 1.22 bits per heavy atom. The number of rotatable bonds is 4. The van der Waals surface area contributed by atoms with Gasteiger partial charge in [0.2, 0.25) is 0 Å². The molecule has 8 atom stereocenters. The van der Waals surface area contributed by atoms with E-state index in [-0.39, 0.29) is 16.9 Å². The van der Waals surface area contributed by atoms with E-state index in [1.165, 1.54) is 18.4 Å². The highest BCUT2D eigenvalue weighted by atomic mass is 16.3. The molecule has 4 aliphatic carbocycles. The van der Waals surface area contributed by atoms with E-state index in [1.807, 2.05) is 0 Å². The molecule has 1 unspecified atom stereocenters. The predicted octanol–water partition coefficient (Wildman–Crippen LogP) is 4.72. The molecule has 1 N–H and O–H groups in total. The fourth-order valence-corrected chi connectivity index (χ4v) is 7.77. The van der Waals surface area contributed by atoms with Gasteiger partial charge in [0.05, 0.1) is 6.10 Å². The van der Waals surface area contributed by atoms with Crippen molar-refractivity contribution in [1.82, 2.24) is 0 Å². The fourth-order valence-electron chi connectivity index (χ4n) is 7.77. The number of aldehydes is 1. The highest BCUT2D eigenvalue weighted by Crippen LogP contribution is 2.65. The molecule has 0 aromatic heterocycles. The number of fused-ring (bicyclic) bond motifs is 5. The van der Waals surface area contributed by atoms with Gasteiger partial charge in [-0.25, -0.2) is 0 Å². The molecule has 0 spiro atoms. The second-order valence-corrected chi connectivity index (χ2v) is 10.5. The van der Waals surface area contributed by atoms with Crippen molar-refractivity contribution in [3.8, 4) is 0 Å². The van der Waals surface area contributed by atoms with Crippen LogP contribution in [-0.4, -0.2) is 23.3 Å². The van der Waals surface area contributed by atoms with Crippen LogP contribution < -0.4 is 0 Å². The molecule has 4 aliphatic rings. The Hall–Kier alpha value is -0.960. The standard InChI is InChI=1S/C24H36O3/c1-15(5-4-12-25)19-8-9-20-18-7-6-16-13-17(26)10-11-23(16,2)21(18)14-22(27)24(19,20)3/h12,14-20,26H,4-11,13H2,1-3H3/t15-,16-,17-,18+,19?,20+,23+,24-/m1/s1. The van der Waals surface area contributed by atoms with Crippen LogP contribution in [0.4, 0.5) is 0 Å². The molecule has 27 heavy (non-hydrogen) atoms.